The van der Waals surface area contributed by atoms with Crippen molar-refractivity contribution in [3.05, 3.63) is 65.7 Å². The zero-order valence-corrected chi connectivity index (χ0v) is 11.0. The van der Waals surface area contributed by atoms with Gasteiger partial charge in [0.05, 0.1) is 0 Å². The van der Waals surface area contributed by atoms with E-state index in [1.54, 1.807) is 0 Å². The van der Waals surface area contributed by atoms with E-state index >= 15 is 0 Å². The van der Waals surface area contributed by atoms with Gasteiger partial charge in [0.25, 0.3) is 0 Å². The van der Waals surface area contributed by atoms with Crippen LogP contribution in [0.3, 0.4) is 0 Å². The first-order valence-electron chi connectivity index (χ1n) is 6.60. The molecule has 0 saturated carbocycles. The van der Waals surface area contributed by atoms with Crippen LogP contribution < -0.4 is 5.32 Å². The molecule has 0 aliphatic carbocycles. The van der Waals surface area contributed by atoms with Crippen LogP contribution in [-0.2, 0) is 11.8 Å². The van der Waals surface area contributed by atoms with E-state index in [1.807, 2.05) is 0 Å². The van der Waals surface area contributed by atoms with Crippen LogP contribution in [0, 0.1) is 0 Å². The number of fused-ring (bicyclic) bond motifs is 1. The Morgan fingerprint density at radius 1 is 1.00 bits per heavy atom. The van der Waals surface area contributed by atoms with Gasteiger partial charge in [-0.1, -0.05) is 55.5 Å². The highest BCUT2D eigenvalue weighted by Crippen LogP contribution is 2.42. The first-order valence-corrected chi connectivity index (χ1v) is 6.60. The Morgan fingerprint density at radius 3 is 2.44 bits per heavy atom. The van der Waals surface area contributed by atoms with Crippen LogP contribution in [0.15, 0.2) is 54.6 Å². The largest absolute Gasteiger partial charge is 0.381 e. The highest BCUT2D eigenvalue weighted by atomic mass is 15.0. The maximum Gasteiger partial charge on any atom is 0.0381 e. The molecule has 1 N–H and O–H groups in total. The molecule has 2 atom stereocenters. The lowest BCUT2D eigenvalue weighted by Crippen LogP contribution is -2.35. The number of anilines is 1. The minimum atomic E-state index is 0.179. The van der Waals surface area contributed by atoms with E-state index in [4.69, 9.17) is 0 Å². The summed E-state index contributed by atoms with van der Waals surface area (Å²) in [7, 11) is 0. The summed E-state index contributed by atoms with van der Waals surface area (Å²) in [5.41, 5.74) is 4.33. The second-order valence-electron chi connectivity index (χ2n) is 5.49. The molecular weight excluding hydrogens is 218 g/mol. The van der Waals surface area contributed by atoms with E-state index in [1.165, 1.54) is 16.8 Å². The lowest BCUT2D eigenvalue weighted by Gasteiger charge is -2.30. The third-order valence-corrected chi connectivity index (χ3v) is 4.28. The van der Waals surface area contributed by atoms with E-state index < -0.39 is 0 Å². The molecule has 1 nitrogen and oxygen atoms in total. The SMILES string of the molecule is CC1Nc2ccccc2C1(C)Cc1ccccc1. The van der Waals surface area contributed by atoms with Crippen molar-refractivity contribution in [2.45, 2.75) is 31.7 Å². The average Bonchev–Trinajstić information content (AvgIpc) is 2.63. The van der Waals surface area contributed by atoms with Crippen LogP contribution in [0.2, 0.25) is 0 Å². The zero-order chi connectivity index (χ0) is 12.6. The Labute approximate surface area is 109 Å². The second-order valence-corrected chi connectivity index (χ2v) is 5.49. The smallest absolute Gasteiger partial charge is 0.0381 e. The minimum absolute atomic E-state index is 0.179. The number of rotatable bonds is 2. The van der Waals surface area contributed by atoms with Crippen molar-refractivity contribution in [2.24, 2.45) is 0 Å². The van der Waals surface area contributed by atoms with Gasteiger partial charge < -0.3 is 5.32 Å². The fourth-order valence-electron chi connectivity index (χ4n) is 3.00. The topological polar surface area (TPSA) is 12.0 Å². The number of para-hydroxylation sites is 1. The van der Waals surface area contributed by atoms with Crippen molar-refractivity contribution in [3.8, 4) is 0 Å². The van der Waals surface area contributed by atoms with Crippen LogP contribution in [0.25, 0.3) is 0 Å². The highest BCUT2D eigenvalue weighted by Gasteiger charge is 2.40. The van der Waals surface area contributed by atoms with Gasteiger partial charge in [-0.2, -0.15) is 0 Å². The zero-order valence-electron chi connectivity index (χ0n) is 11.0. The summed E-state index contributed by atoms with van der Waals surface area (Å²) >= 11 is 0. The quantitative estimate of drug-likeness (QED) is 0.832. The lowest BCUT2D eigenvalue weighted by atomic mass is 9.74. The van der Waals surface area contributed by atoms with Crippen LogP contribution in [0.4, 0.5) is 5.69 Å². The lowest BCUT2D eigenvalue weighted by molar-refractivity contribution is 0.436. The molecule has 3 rings (SSSR count). The molecular formula is C17H19N. The molecule has 92 valence electrons. The molecule has 2 aromatic rings. The summed E-state index contributed by atoms with van der Waals surface area (Å²) in [5.74, 6) is 0. The van der Waals surface area contributed by atoms with Crippen LogP contribution in [0.1, 0.15) is 25.0 Å². The summed E-state index contributed by atoms with van der Waals surface area (Å²) in [6, 6.07) is 19.9. The van der Waals surface area contributed by atoms with Crippen molar-refractivity contribution < 1.29 is 0 Å². The molecule has 0 amide bonds. The average molecular weight is 237 g/mol. The van der Waals surface area contributed by atoms with Gasteiger partial charge in [-0.15, -0.1) is 0 Å². The Bertz CT molecular complexity index is 547. The van der Waals surface area contributed by atoms with E-state index in [0.29, 0.717) is 6.04 Å². The van der Waals surface area contributed by atoms with Gasteiger partial charge >= 0.3 is 0 Å². The Balaban J connectivity index is 1.99. The monoisotopic (exact) mass is 237 g/mol. The van der Waals surface area contributed by atoms with Crippen LogP contribution >= 0.6 is 0 Å². The van der Waals surface area contributed by atoms with Crippen LogP contribution in [0.5, 0.6) is 0 Å². The fraction of sp³-hybridized carbons (Fsp3) is 0.294. The van der Waals surface area contributed by atoms with E-state index in [9.17, 15) is 0 Å². The number of hydrogen-bond donors (Lipinski definition) is 1. The number of benzene rings is 2. The van der Waals surface area contributed by atoms with Crippen molar-refractivity contribution in [1.82, 2.24) is 0 Å². The van der Waals surface area contributed by atoms with Crippen molar-refractivity contribution in [1.29, 1.82) is 0 Å². The third kappa shape index (κ3) is 1.71. The van der Waals surface area contributed by atoms with Crippen molar-refractivity contribution >= 4 is 5.69 Å². The molecule has 1 aliphatic rings. The summed E-state index contributed by atoms with van der Waals surface area (Å²) in [5, 5.41) is 3.61. The summed E-state index contributed by atoms with van der Waals surface area (Å²) in [6.45, 7) is 4.65. The molecule has 0 radical (unpaired) electrons. The molecule has 0 fully saturated rings. The second kappa shape index (κ2) is 4.16. The third-order valence-electron chi connectivity index (χ3n) is 4.28. The predicted molar refractivity (Wildman–Crippen MR) is 77.0 cm³/mol. The Hall–Kier alpha value is -1.76. The summed E-state index contributed by atoms with van der Waals surface area (Å²) < 4.78 is 0. The first-order chi connectivity index (χ1) is 8.70. The molecule has 1 aliphatic heterocycles. The van der Waals surface area contributed by atoms with E-state index in [0.717, 1.165) is 6.42 Å². The van der Waals surface area contributed by atoms with Crippen molar-refractivity contribution in [3.63, 3.8) is 0 Å². The number of nitrogens with one attached hydrogen (secondary N) is 1. The van der Waals surface area contributed by atoms with Gasteiger partial charge in [-0.05, 0) is 30.5 Å². The van der Waals surface area contributed by atoms with E-state index in [-0.39, 0.29) is 5.41 Å². The maximum absolute atomic E-state index is 3.61. The molecule has 0 saturated heterocycles. The molecule has 18 heavy (non-hydrogen) atoms. The minimum Gasteiger partial charge on any atom is -0.381 e. The Kier molecular flexibility index (Phi) is 2.62. The standard InChI is InChI=1S/C17H19N/c1-13-17(2,12-14-8-4-3-5-9-14)15-10-6-7-11-16(15)18-13/h3-11,13,18H,12H2,1-2H3. The normalized spacial score (nSPS) is 25.6. The number of hydrogen-bond acceptors (Lipinski definition) is 1. The molecule has 1 heterocycles. The Morgan fingerprint density at radius 2 is 1.67 bits per heavy atom. The summed E-state index contributed by atoms with van der Waals surface area (Å²) in [4.78, 5) is 0. The molecule has 0 aromatic heterocycles. The molecule has 2 unspecified atom stereocenters. The van der Waals surface area contributed by atoms with Gasteiger partial charge in [0, 0.05) is 17.1 Å². The van der Waals surface area contributed by atoms with Gasteiger partial charge in [0.2, 0.25) is 0 Å². The predicted octanol–water partition coefficient (Wildman–Crippen LogP) is 4.00. The molecule has 2 aromatic carbocycles. The maximum atomic E-state index is 3.61. The van der Waals surface area contributed by atoms with Gasteiger partial charge in [0.15, 0.2) is 0 Å². The molecule has 0 bridgehead atoms. The molecule has 0 spiro atoms. The van der Waals surface area contributed by atoms with Gasteiger partial charge in [-0.25, -0.2) is 0 Å². The van der Waals surface area contributed by atoms with Gasteiger partial charge in [-0.3, -0.25) is 0 Å². The first kappa shape index (κ1) is 11.3. The fourth-order valence-corrected chi connectivity index (χ4v) is 3.00. The summed E-state index contributed by atoms with van der Waals surface area (Å²) in [6.07, 6.45) is 1.08. The van der Waals surface area contributed by atoms with E-state index in [2.05, 4.69) is 73.8 Å². The van der Waals surface area contributed by atoms with Crippen LogP contribution in [-0.4, -0.2) is 6.04 Å². The molecule has 1 heteroatoms. The van der Waals surface area contributed by atoms with Gasteiger partial charge in [0.1, 0.15) is 0 Å². The highest BCUT2D eigenvalue weighted by molar-refractivity contribution is 5.62. The van der Waals surface area contributed by atoms with Crippen molar-refractivity contribution in [2.75, 3.05) is 5.32 Å².